The van der Waals surface area contributed by atoms with Crippen LogP contribution in [0.3, 0.4) is 0 Å². The Labute approximate surface area is 112 Å². The summed E-state index contributed by atoms with van der Waals surface area (Å²) in [6.07, 6.45) is 0.643. The van der Waals surface area contributed by atoms with Gasteiger partial charge in [-0.3, -0.25) is 4.79 Å². The first-order valence-corrected chi connectivity index (χ1v) is 6.33. The Kier molecular flexibility index (Phi) is 3.57. The number of hydrogen-bond acceptors (Lipinski definition) is 3. The molecule has 1 heterocycles. The molecule has 5 heteroatoms. The second kappa shape index (κ2) is 5.01. The number of carbonyl (C=O) groups excluding carboxylic acids is 2. The minimum Gasteiger partial charge on any atom is -0.386 e. The minimum atomic E-state index is -0.726. The number of ketones is 1. The maximum absolute atomic E-state index is 11.9. The van der Waals surface area contributed by atoms with E-state index in [1.807, 2.05) is 6.92 Å². The van der Waals surface area contributed by atoms with E-state index in [4.69, 9.17) is 0 Å². The van der Waals surface area contributed by atoms with Crippen molar-refractivity contribution in [3.63, 3.8) is 0 Å². The van der Waals surface area contributed by atoms with Gasteiger partial charge in [-0.1, -0.05) is 6.92 Å². The summed E-state index contributed by atoms with van der Waals surface area (Å²) < 4.78 is 0. The van der Waals surface area contributed by atoms with Crippen LogP contribution in [0.1, 0.15) is 30.6 Å². The Bertz CT molecular complexity index is 490. The van der Waals surface area contributed by atoms with Gasteiger partial charge in [0.15, 0.2) is 5.78 Å². The van der Waals surface area contributed by atoms with Gasteiger partial charge in [-0.25, -0.2) is 4.79 Å². The number of carbonyl (C=O) groups is 2. The van der Waals surface area contributed by atoms with Crippen LogP contribution < -0.4 is 5.32 Å². The lowest BCUT2D eigenvalue weighted by atomic mass is 9.92. The monoisotopic (exact) mass is 262 g/mol. The minimum absolute atomic E-state index is 0.00590. The zero-order valence-corrected chi connectivity index (χ0v) is 11.1. The van der Waals surface area contributed by atoms with Gasteiger partial charge < -0.3 is 15.3 Å². The fraction of sp³-hybridized carbons (Fsp3) is 0.429. The first kappa shape index (κ1) is 13.5. The van der Waals surface area contributed by atoms with Crippen LogP contribution >= 0.6 is 0 Å². The molecule has 5 nitrogen and oxygen atoms in total. The van der Waals surface area contributed by atoms with Crippen LogP contribution in [0.4, 0.5) is 10.5 Å². The molecule has 1 fully saturated rings. The van der Waals surface area contributed by atoms with E-state index in [0.717, 1.165) is 0 Å². The molecule has 1 aliphatic heterocycles. The molecule has 0 spiro atoms. The quantitative estimate of drug-likeness (QED) is 0.817. The van der Waals surface area contributed by atoms with Gasteiger partial charge in [-0.05, 0) is 37.6 Å². The predicted molar refractivity (Wildman–Crippen MR) is 72.3 cm³/mol. The molecule has 1 aromatic rings. The summed E-state index contributed by atoms with van der Waals surface area (Å²) in [5.41, 5.74) is 0.528. The van der Waals surface area contributed by atoms with Crippen molar-refractivity contribution in [2.24, 2.45) is 0 Å². The molecular weight excluding hydrogens is 244 g/mol. The number of β-amino-alcohol motifs (C(OH)–C–C–N with tert-alkyl or cyclic N) is 1. The SMILES string of the molecule is CCC1(O)CN(C(=O)Nc2ccc(C(C)=O)cc2)C1. The molecule has 1 aliphatic rings. The highest BCUT2D eigenvalue weighted by molar-refractivity contribution is 5.95. The van der Waals surface area contributed by atoms with Crippen LogP contribution in [0.15, 0.2) is 24.3 Å². The molecule has 0 atom stereocenters. The highest BCUT2D eigenvalue weighted by Crippen LogP contribution is 2.24. The number of anilines is 1. The van der Waals surface area contributed by atoms with E-state index in [1.165, 1.54) is 6.92 Å². The summed E-state index contributed by atoms with van der Waals surface area (Å²) in [6.45, 7) is 4.12. The Balaban J connectivity index is 1.91. The molecule has 0 aromatic heterocycles. The van der Waals surface area contributed by atoms with Gasteiger partial charge in [-0.2, -0.15) is 0 Å². The van der Waals surface area contributed by atoms with Crippen molar-refractivity contribution in [1.29, 1.82) is 0 Å². The zero-order chi connectivity index (χ0) is 14.0. The molecule has 1 aromatic carbocycles. The van der Waals surface area contributed by atoms with Crippen LogP contribution in [0.2, 0.25) is 0 Å². The van der Waals surface area contributed by atoms with Gasteiger partial charge in [-0.15, -0.1) is 0 Å². The van der Waals surface area contributed by atoms with Gasteiger partial charge >= 0.3 is 6.03 Å². The van der Waals surface area contributed by atoms with E-state index < -0.39 is 5.60 Å². The molecule has 0 unspecified atom stereocenters. The molecule has 19 heavy (non-hydrogen) atoms. The number of benzene rings is 1. The van der Waals surface area contributed by atoms with Crippen molar-refractivity contribution in [2.75, 3.05) is 18.4 Å². The van der Waals surface area contributed by atoms with Crippen LogP contribution in [-0.4, -0.2) is 40.5 Å². The average Bonchev–Trinajstić information content (AvgIpc) is 2.35. The summed E-state index contributed by atoms with van der Waals surface area (Å²) in [7, 11) is 0. The first-order valence-electron chi connectivity index (χ1n) is 6.33. The highest BCUT2D eigenvalue weighted by atomic mass is 16.3. The van der Waals surface area contributed by atoms with E-state index in [9.17, 15) is 14.7 Å². The normalized spacial score (nSPS) is 16.7. The summed E-state index contributed by atoms with van der Waals surface area (Å²) >= 11 is 0. The first-order chi connectivity index (χ1) is 8.93. The average molecular weight is 262 g/mol. The largest absolute Gasteiger partial charge is 0.386 e. The Morgan fingerprint density at radius 1 is 1.32 bits per heavy atom. The number of hydrogen-bond donors (Lipinski definition) is 2. The number of Topliss-reactive ketones (excluding diaryl/α,β-unsaturated/α-hetero) is 1. The Hall–Kier alpha value is -1.88. The summed E-state index contributed by atoms with van der Waals surface area (Å²) in [6, 6.07) is 6.52. The van der Waals surface area contributed by atoms with Crippen LogP contribution in [0, 0.1) is 0 Å². The zero-order valence-electron chi connectivity index (χ0n) is 11.1. The van der Waals surface area contributed by atoms with Crippen LogP contribution in [0.5, 0.6) is 0 Å². The van der Waals surface area contributed by atoms with Crippen molar-refractivity contribution in [2.45, 2.75) is 25.9 Å². The highest BCUT2D eigenvalue weighted by Gasteiger charge is 2.41. The van der Waals surface area contributed by atoms with Crippen LogP contribution in [0.25, 0.3) is 0 Å². The van der Waals surface area contributed by atoms with Crippen LogP contribution in [-0.2, 0) is 0 Å². The summed E-state index contributed by atoms with van der Waals surface area (Å²) in [4.78, 5) is 24.5. The maximum Gasteiger partial charge on any atom is 0.322 e. The molecule has 102 valence electrons. The molecule has 2 rings (SSSR count). The summed E-state index contributed by atoms with van der Waals surface area (Å²) in [5, 5.41) is 12.6. The van der Waals surface area contributed by atoms with Crippen molar-refractivity contribution in [3.8, 4) is 0 Å². The predicted octanol–water partition coefficient (Wildman–Crippen LogP) is 1.88. The van der Waals surface area contributed by atoms with Crippen molar-refractivity contribution in [1.82, 2.24) is 4.90 Å². The van der Waals surface area contributed by atoms with Gasteiger partial charge in [0.25, 0.3) is 0 Å². The molecular formula is C14H18N2O3. The lowest BCUT2D eigenvalue weighted by Gasteiger charge is -2.45. The Morgan fingerprint density at radius 3 is 2.37 bits per heavy atom. The molecule has 0 bridgehead atoms. The third-order valence-corrected chi connectivity index (χ3v) is 3.46. The number of likely N-dealkylation sites (tertiary alicyclic amines) is 1. The number of nitrogens with zero attached hydrogens (tertiary/aromatic N) is 1. The third-order valence-electron chi connectivity index (χ3n) is 3.46. The topological polar surface area (TPSA) is 69.6 Å². The number of aliphatic hydroxyl groups is 1. The second-order valence-corrected chi connectivity index (χ2v) is 5.00. The standard InChI is InChI=1S/C14H18N2O3/c1-3-14(19)8-16(9-14)13(18)15-12-6-4-11(5-7-12)10(2)17/h4-7,19H,3,8-9H2,1-2H3,(H,15,18). The van der Waals surface area contributed by atoms with E-state index in [1.54, 1.807) is 29.2 Å². The van der Waals surface area contributed by atoms with E-state index in [-0.39, 0.29) is 11.8 Å². The molecule has 0 aliphatic carbocycles. The second-order valence-electron chi connectivity index (χ2n) is 5.00. The van der Waals surface area contributed by atoms with Gasteiger partial charge in [0.2, 0.25) is 0 Å². The number of nitrogens with one attached hydrogen (secondary N) is 1. The number of rotatable bonds is 3. The molecule has 0 saturated carbocycles. The molecule has 2 N–H and O–H groups in total. The van der Waals surface area contributed by atoms with Gasteiger partial charge in [0.05, 0.1) is 18.7 Å². The van der Waals surface area contributed by atoms with Crippen molar-refractivity contribution < 1.29 is 14.7 Å². The molecule has 2 amide bonds. The third kappa shape index (κ3) is 2.93. The van der Waals surface area contributed by atoms with E-state index >= 15 is 0 Å². The molecule has 0 radical (unpaired) electrons. The smallest absolute Gasteiger partial charge is 0.322 e. The van der Waals surface area contributed by atoms with Crippen molar-refractivity contribution >= 4 is 17.5 Å². The lowest BCUT2D eigenvalue weighted by molar-refractivity contribution is -0.0755. The van der Waals surface area contributed by atoms with E-state index in [2.05, 4.69) is 5.32 Å². The maximum atomic E-state index is 11.9. The van der Waals surface area contributed by atoms with Crippen molar-refractivity contribution in [3.05, 3.63) is 29.8 Å². The fourth-order valence-electron chi connectivity index (χ4n) is 2.02. The lowest BCUT2D eigenvalue weighted by Crippen LogP contribution is -2.63. The number of urea groups is 1. The van der Waals surface area contributed by atoms with E-state index in [0.29, 0.717) is 30.8 Å². The number of amides is 2. The Morgan fingerprint density at radius 2 is 1.89 bits per heavy atom. The van der Waals surface area contributed by atoms with Gasteiger partial charge in [0.1, 0.15) is 0 Å². The van der Waals surface area contributed by atoms with Gasteiger partial charge in [0, 0.05) is 11.3 Å². The fourth-order valence-corrected chi connectivity index (χ4v) is 2.02. The molecule has 1 saturated heterocycles. The summed E-state index contributed by atoms with van der Waals surface area (Å²) in [5.74, 6) is -0.00590.